The molecular formula is C17H25ClN2S. The van der Waals surface area contributed by atoms with Crippen molar-refractivity contribution in [3.8, 4) is 0 Å². The first kappa shape index (κ1) is 16.6. The van der Waals surface area contributed by atoms with E-state index in [1.165, 1.54) is 25.7 Å². The van der Waals surface area contributed by atoms with Gasteiger partial charge in [0.25, 0.3) is 0 Å². The maximum atomic E-state index is 6.13. The molecular weight excluding hydrogens is 300 g/mol. The summed E-state index contributed by atoms with van der Waals surface area (Å²) < 4.78 is 0. The quantitative estimate of drug-likeness (QED) is 0.728. The molecule has 2 rings (SSSR count). The van der Waals surface area contributed by atoms with Crippen molar-refractivity contribution < 1.29 is 0 Å². The molecule has 2 N–H and O–H groups in total. The van der Waals surface area contributed by atoms with E-state index in [0.29, 0.717) is 21.6 Å². The molecule has 1 saturated carbocycles. The van der Waals surface area contributed by atoms with Gasteiger partial charge in [-0.3, -0.25) is 0 Å². The highest BCUT2D eigenvalue weighted by Crippen LogP contribution is 2.37. The fourth-order valence-corrected chi connectivity index (χ4v) is 3.47. The number of nitrogens with one attached hydrogen (secondary N) is 2. The summed E-state index contributed by atoms with van der Waals surface area (Å²) in [4.78, 5) is 0. The van der Waals surface area contributed by atoms with Crippen LogP contribution in [0.25, 0.3) is 0 Å². The molecule has 1 aromatic carbocycles. The van der Waals surface area contributed by atoms with Gasteiger partial charge in [-0.05, 0) is 61.4 Å². The molecule has 1 fully saturated rings. The van der Waals surface area contributed by atoms with Crippen LogP contribution < -0.4 is 10.6 Å². The van der Waals surface area contributed by atoms with Gasteiger partial charge in [-0.25, -0.2) is 0 Å². The maximum Gasteiger partial charge on any atom is 0.171 e. The molecule has 116 valence electrons. The lowest BCUT2D eigenvalue weighted by atomic mass is 9.71. The van der Waals surface area contributed by atoms with Crippen LogP contribution >= 0.6 is 23.8 Å². The Kier molecular flexibility index (Phi) is 5.50. The highest BCUT2D eigenvalue weighted by molar-refractivity contribution is 7.80. The topological polar surface area (TPSA) is 24.1 Å². The first-order chi connectivity index (χ1) is 9.86. The summed E-state index contributed by atoms with van der Waals surface area (Å²) in [5.41, 5.74) is 1.28. The summed E-state index contributed by atoms with van der Waals surface area (Å²) in [6.07, 6.45) is 4.92. The van der Waals surface area contributed by atoms with Crippen LogP contribution in [0.3, 0.4) is 0 Å². The van der Waals surface area contributed by atoms with E-state index >= 15 is 0 Å². The van der Waals surface area contributed by atoms with Gasteiger partial charge >= 0.3 is 0 Å². The van der Waals surface area contributed by atoms with Crippen LogP contribution in [0, 0.1) is 11.3 Å². The van der Waals surface area contributed by atoms with Gasteiger partial charge in [-0.2, -0.15) is 0 Å². The van der Waals surface area contributed by atoms with Gasteiger partial charge in [0.05, 0.1) is 10.7 Å². The highest BCUT2D eigenvalue weighted by atomic mass is 35.5. The van der Waals surface area contributed by atoms with E-state index in [4.69, 9.17) is 23.8 Å². The summed E-state index contributed by atoms with van der Waals surface area (Å²) in [5.74, 6) is 0.820. The standard InChI is InChI=1S/C17H25ClN2S/c1-17(2,3)12-8-10-13(11-9-12)19-16(21)20-15-7-5-4-6-14(15)18/h4-7,12-13H,8-11H2,1-3H3,(H2,19,20,21). The van der Waals surface area contributed by atoms with Crippen LogP contribution in [0.1, 0.15) is 46.5 Å². The Morgan fingerprint density at radius 2 is 1.76 bits per heavy atom. The Hall–Kier alpha value is -0.800. The Bertz CT molecular complexity index is 488. The van der Waals surface area contributed by atoms with Gasteiger partial charge in [-0.1, -0.05) is 44.5 Å². The number of benzene rings is 1. The normalized spacial score (nSPS) is 22.7. The van der Waals surface area contributed by atoms with E-state index in [2.05, 4.69) is 31.4 Å². The molecule has 1 aliphatic rings. The molecule has 1 aromatic rings. The Labute approximate surface area is 138 Å². The van der Waals surface area contributed by atoms with E-state index in [1.807, 2.05) is 24.3 Å². The first-order valence-electron chi connectivity index (χ1n) is 7.68. The van der Waals surface area contributed by atoms with Crippen molar-refractivity contribution >= 4 is 34.6 Å². The predicted octanol–water partition coefficient (Wildman–Crippen LogP) is 5.23. The van der Waals surface area contributed by atoms with Crippen LogP contribution in [0.2, 0.25) is 5.02 Å². The summed E-state index contributed by atoms with van der Waals surface area (Å²) in [7, 11) is 0. The molecule has 0 aromatic heterocycles. The van der Waals surface area contributed by atoms with E-state index < -0.39 is 0 Å². The lowest BCUT2D eigenvalue weighted by molar-refractivity contribution is 0.166. The molecule has 21 heavy (non-hydrogen) atoms. The molecule has 2 nitrogen and oxygen atoms in total. The summed E-state index contributed by atoms with van der Waals surface area (Å²) in [6, 6.07) is 8.14. The molecule has 0 saturated heterocycles. The average molecular weight is 325 g/mol. The molecule has 0 heterocycles. The Balaban J connectivity index is 1.81. The second-order valence-electron chi connectivity index (χ2n) is 6.99. The minimum Gasteiger partial charge on any atom is -0.360 e. The minimum atomic E-state index is 0.418. The van der Waals surface area contributed by atoms with Crippen molar-refractivity contribution in [1.29, 1.82) is 0 Å². The second kappa shape index (κ2) is 6.97. The van der Waals surface area contributed by atoms with Gasteiger partial charge in [0, 0.05) is 6.04 Å². The SMILES string of the molecule is CC(C)(C)C1CCC(NC(=S)Nc2ccccc2Cl)CC1. The van der Waals surface area contributed by atoms with Crippen molar-refractivity contribution in [2.45, 2.75) is 52.5 Å². The Morgan fingerprint density at radius 1 is 1.14 bits per heavy atom. The van der Waals surface area contributed by atoms with Gasteiger partial charge in [0.1, 0.15) is 0 Å². The smallest absolute Gasteiger partial charge is 0.171 e. The van der Waals surface area contributed by atoms with E-state index in [0.717, 1.165) is 11.6 Å². The van der Waals surface area contributed by atoms with Gasteiger partial charge in [0.15, 0.2) is 5.11 Å². The lowest BCUT2D eigenvalue weighted by Gasteiger charge is -2.37. The first-order valence-corrected chi connectivity index (χ1v) is 8.47. The fraction of sp³-hybridized carbons (Fsp3) is 0.588. The number of hydrogen-bond donors (Lipinski definition) is 2. The number of anilines is 1. The predicted molar refractivity (Wildman–Crippen MR) is 96.0 cm³/mol. The third-order valence-electron chi connectivity index (χ3n) is 4.41. The zero-order chi connectivity index (χ0) is 15.5. The molecule has 1 aliphatic carbocycles. The summed E-state index contributed by atoms with van der Waals surface area (Å²) in [5, 5.41) is 7.98. The van der Waals surface area contributed by atoms with Gasteiger partial charge < -0.3 is 10.6 Å². The number of para-hydroxylation sites is 1. The van der Waals surface area contributed by atoms with Crippen LogP contribution in [-0.2, 0) is 0 Å². The van der Waals surface area contributed by atoms with E-state index in [9.17, 15) is 0 Å². The van der Waals surface area contributed by atoms with E-state index in [-0.39, 0.29) is 0 Å². The molecule has 0 amide bonds. The molecule has 0 bridgehead atoms. The number of hydrogen-bond acceptors (Lipinski definition) is 1. The van der Waals surface area contributed by atoms with Crippen molar-refractivity contribution in [2.75, 3.05) is 5.32 Å². The largest absolute Gasteiger partial charge is 0.360 e. The maximum absolute atomic E-state index is 6.13. The molecule has 0 unspecified atom stereocenters. The fourth-order valence-electron chi connectivity index (χ4n) is 3.01. The molecule has 0 aliphatic heterocycles. The van der Waals surface area contributed by atoms with Crippen molar-refractivity contribution in [3.05, 3.63) is 29.3 Å². The van der Waals surface area contributed by atoms with Crippen molar-refractivity contribution in [2.24, 2.45) is 11.3 Å². The van der Waals surface area contributed by atoms with E-state index in [1.54, 1.807) is 0 Å². The van der Waals surface area contributed by atoms with Crippen molar-refractivity contribution in [3.63, 3.8) is 0 Å². The Morgan fingerprint density at radius 3 is 2.33 bits per heavy atom. The average Bonchev–Trinajstić information content (AvgIpc) is 2.41. The number of halogens is 1. The molecule has 0 spiro atoms. The monoisotopic (exact) mass is 324 g/mol. The summed E-state index contributed by atoms with van der Waals surface area (Å²) in [6.45, 7) is 7.03. The van der Waals surface area contributed by atoms with Crippen LogP contribution in [0.15, 0.2) is 24.3 Å². The zero-order valence-corrected chi connectivity index (χ0v) is 14.7. The van der Waals surface area contributed by atoms with Crippen LogP contribution in [0.5, 0.6) is 0 Å². The van der Waals surface area contributed by atoms with Crippen LogP contribution in [-0.4, -0.2) is 11.2 Å². The molecule has 4 heteroatoms. The van der Waals surface area contributed by atoms with Gasteiger partial charge in [0.2, 0.25) is 0 Å². The minimum absolute atomic E-state index is 0.418. The summed E-state index contributed by atoms with van der Waals surface area (Å²) >= 11 is 11.5. The highest BCUT2D eigenvalue weighted by Gasteiger charge is 2.29. The third-order valence-corrected chi connectivity index (χ3v) is 4.96. The number of rotatable bonds is 2. The van der Waals surface area contributed by atoms with Crippen molar-refractivity contribution in [1.82, 2.24) is 5.32 Å². The molecule has 0 radical (unpaired) electrons. The third kappa shape index (κ3) is 4.86. The number of thiocarbonyl (C=S) groups is 1. The second-order valence-corrected chi connectivity index (χ2v) is 7.81. The zero-order valence-electron chi connectivity index (χ0n) is 13.1. The van der Waals surface area contributed by atoms with Gasteiger partial charge in [-0.15, -0.1) is 0 Å². The lowest BCUT2D eigenvalue weighted by Crippen LogP contribution is -2.41. The van der Waals surface area contributed by atoms with Crippen LogP contribution in [0.4, 0.5) is 5.69 Å². The molecule has 0 atom stereocenters.